The SMILES string of the molecule is Cc1cc2ncnc(Oc3ccc(NC(=O)Nc4cccc(C(F)(F)F)c4)c(Cl)c3)c2n1C. The van der Waals surface area contributed by atoms with Gasteiger partial charge in [-0.2, -0.15) is 18.2 Å². The number of carbonyl (C=O) groups excluding carboxylic acids is 1. The normalized spacial score (nSPS) is 11.5. The van der Waals surface area contributed by atoms with Crippen LogP contribution in [0.5, 0.6) is 11.6 Å². The van der Waals surface area contributed by atoms with Gasteiger partial charge in [-0.05, 0) is 43.3 Å². The molecule has 0 saturated heterocycles. The van der Waals surface area contributed by atoms with E-state index in [9.17, 15) is 18.0 Å². The van der Waals surface area contributed by atoms with Gasteiger partial charge in [0.25, 0.3) is 0 Å². The highest BCUT2D eigenvalue weighted by molar-refractivity contribution is 6.34. The predicted octanol–water partition coefficient (Wildman–Crippen LogP) is 6.39. The van der Waals surface area contributed by atoms with Crippen molar-refractivity contribution in [2.45, 2.75) is 13.1 Å². The fraction of sp³-hybridized carbons (Fsp3) is 0.136. The first kappa shape index (κ1) is 22.4. The summed E-state index contributed by atoms with van der Waals surface area (Å²) in [6, 6.07) is 10.1. The van der Waals surface area contributed by atoms with E-state index in [4.69, 9.17) is 16.3 Å². The molecule has 11 heteroatoms. The Bertz CT molecular complexity index is 1350. The lowest BCUT2D eigenvalue weighted by Crippen LogP contribution is -2.20. The van der Waals surface area contributed by atoms with Crippen molar-refractivity contribution in [1.82, 2.24) is 14.5 Å². The number of nitrogens with zero attached hydrogens (tertiary/aromatic N) is 3. The monoisotopic (exact) mass is 475 g/mol. The largest absolute Gasteiger partial charge is 0.437 e. The summed E-state index contributed by atoms with van der Waals surface area (Å²) >= 11 is 6.27. The average molecular weight is 476 g/mol. The van der Waals surface area contributed by atoms with Crippen molar-refractivity contribution in [1.29, 1.82) is 0 Å². The van der Waals surface area contributed by atoms with Crippen LogP contribution >= 0.6 is 11.6 Å². The van der Waals surface area contributed by atoms with Crippen LogP contribution in [0.2, 0.25) is 5.02 Å². The smallest absolute Gasteiger partial charge is 0.416 e. The van der Waals surface area contributed by atoms with Gasteiger partial charge in [-0.3, -0.25) is 0 Å². The van der Waals surface area contributed by atoms with Gasteiger partial charge >= 0.3 is 12.2 Å². The van der Waals surface area contributed by atoms with E-state index in [1.165, 1.54) is 30.6 Å². The third kappa shape index (κ3) is 4.85. The number of amides is 2. The number of halogens is 4. The summed E-state index contributed by atoms with van der Waals surface area (Å²) in [7, 11) is 1.87. The van der Waals surface area contributed by atoms with Crippen molar-refractivity contribution in [2.24, 2.45) is 7.05 Å². The molecule has 170 valence electrons. The topological polar surface area (TPSA) is 81.1 Å². The number of hydrogen-bond donors (Lipinski definition) is 2. The van der Waals surface area contributed by atoms with E-state index >= 15 is 0 Å². The second kappa shape index (κ2) is 8.62. The van der Waals surface area contributed by atoms with E-state index in [1.807, 2.05) is 24.6 Å². The van der Waals surface area contributed by atoms with E-state index in [0.29, 0.717) is 17.1 Å². The molecule has 0 saturated carbocycles. The van der Waals surface area contributed by atoms with E-state index in [0.717, 1.165) is 23.3 Å². The van der Waals surface area contributed by atoms with E-state index in [1.54, 1.807) is 6.07 Å². The lowest BCUT2D eigenvalue weighted by Gasteiger charge is -2.12. The van der Waals surface area contributed by atoms with Gasteiger partial charge < -0.3 is 19.9 Å². The highest BCUT2D eigenvalue weighted by Gasteiger charge is 2.30. The molecule has 0 unspecified atom stereocenters. The Balaban J connectivity index is 1.48. The number of hydrogen-bond acceptors (Lipinski definition) is 4. The molecule has 0 spiro atoms. The number of aromatic nitrogens is 3. The summed E-state index contributed by atoms with van der Waals surface area (Å²) in [6.07, 6.45) is -3.12. The van der Waals surface area contributed by atoms with Crippen LogP contribution in [0.3, 0.4) is 0 Å². The molecule has 2 N–H and O–H groups in total. The summed E-state index contributed by atoms with van der Waals surface area (Å²) in [6.45, 7) is 1.94. The Morgan fingerprint density at radius 1 is 1.09 bits per heavy atom. The van der Waals surface area contributed by atoms with Crippen molar-refractivity contribution in [3.05, 3.63) is 71.1 Å². The first-order valence-corrected chi connectivity index (χ1v) is 9.99. The molecule has 7 nitrogen and oxygen atoms in total. The quantitative estimate of drug-likeness (QED) is 0.358. The average Bonchev–Trinajstić information content (AvgIpc) is 3.04. The molecule has 0 aliphatic carbocycles. The first-order valence-electron chi connectivity index (χ1n) is 9.61. The molecule has 0 aliphatic heterocycles. The molecule has 4 aromatic rings. The molecule has 0 radical (unpaired) electrons. The number of rotatable bonds is 4. The maximum absolute atomic E-state index is 12.8. The van der Waals surface area contributed by atoms with Gasteiger partial charge in [-0.25, -0.2) is 9.78 Å². The highest BCUT2D eigenvalue weighted by atomic mass is 35.5. The molecule has 2 amide bonds. The minimum absolute atomic E-state index is 0.0101. The molecule has 2 heterocycles. The van der Waals surface area contributed by atoms with Crippen molar-refractivity contribution >= 4 is 40.0 Å². The zero-order valence-corrected chi connectivity index (χ0v) is 18.1. The molecule has 2 aromatic heterocycles. The Hall–Kier alpha value is -3.79. The van der Waals surface area contributed by atoms with Gasteiger partial charge in [-0.15, -0.1) is 0 Å². The molecule has 2 aromatic carbocycles. The molecule has 33 heavy (non-hydrogen) atoms. The number of ether oxygens (including phenoxy) is 1. The third-order valence-electron chi connectivity index (χ3n) is 4.88. The Labute approximate surface area is 191 Å². The lowest BCUT2D eigenvalue weighted by molar-refractivity contribution is -0.137. The summed E-state index contributed by atoms with van der Waals surface area (Å²) < 4.78 is 46.3. The zero-order valence-electron chi connectivity index (χ0n) is 17.4. The van der Waals surface area contributed by atoms with Crippen LogP contribution in [0.4, 0.5) is 29.3 Å². The number of anilines is 2. The van der Waals surface area contributed by atoms with Crippen LogP contribution in [0.15, 0.2) is 54.9 Å². The lowest BCUT2D eigenvalue weighted by atomic mass is 10.2. The predicted molar refractivity (Wildman–Crippen MR) is 119 cm³/mol. The minimum atomic E-state index is -4.51. The van der Waals surface area contributed by atoms with Gasteiger partial charge in [0.1, 0.15) is 17.6 Å². The van der Waals surface area contributed by atoms with Gasteiger partial charge in [0.2, 0.25) is 5.88 Å². The zero-order chi connectivity index (χ0) is 23.8. The molecule has 0 atom stereocenters. The Morgan fingerprint density at radius 3 is 2.61 bits per heavy atom. The molecular weight excluding hydrogens is 459 g/mol. The van der Waals surface area contributed by atoms with E-state index in [-0.39, 0.29) is 16.4 Å². The van der Waals surface area contributed by atoms with Gasteiger partial charge in [0.15, 0.2) is 0 Å². The summed E-state index contributed by atoms with van der Waals surface area (Å²) in [5.41, 5.74) is 1.80. The highest BCUT2D eigenvalue weighted by Crippen LogP contribution is 2.33. The van der Waals surface area contributed by atoms with Crippen molar-refractivity contribution < 1.29 is 22.7 Å². The standard InChI is InChI=1S/C22H17ClF3N5O2/c1-12-8-18-19(31(12)2)20(28-11-27-18)33-15-6-7-17(16(23)10-15)30-21(32)29-14-5-3-4-13(9-14)22(24,25)26/h3-11H,1-2H3,(H2,29,30,32). The van der Waals surface area contributed by atoms with Gasteiger partial charge in [0.05, 0.1) is 21.8 Å². The third-order valence-corrected chi connectivity index (χ3v) is 5.19. The van der Waals surface area contributed by atoms with Crippen LogP contribution in [0, 0.1) is 6.92 Å². The van der Waals surface area contributed by atoms with Gasteiger partial charge in [0, 0.05) is 24.5 Å². The summed E-state index contributed by atoms with van der Waals surface area (Å²) in [5.74, 6) is 0.720. The van der Waals surface area contributed by atoms with Crippen molar-refractivity contribution in [3.8, 4) is 11.6 Å². The summed E-state index contributed by atoms with van der Waals surface area (Å²) in [4.78, 5) is 20.7. The first-order chi connectivity index (χ1) is 15.6. The molecule has 0 fully saturated rings. The second-order valence-electron chi connectivity index (χ2n) is 7.16. The van der Waals surface area contributed by atoms with Crippen LogP contribution in [-0.2, 0) is 13.2 Å². The number of fused-ring (bicyclic) bond motifs is 1. The Morgan fingerprint density at radius 2 is 1.88 bits per heavy atom. The molecule has 0 aliphatic rings. The maximum Gasteiger partial charge on any atom is 0.416 e. The van der Waals surface area contributed by atoms with Crippen LogP contribution in [-0.4, -0.2) is 20.6 Å². The van der Waals surface area contributed by atoms with Crippen LogP contribution < -0.4 is 15.4 Å². The van der Waals surface area contributed by atoms with E-state index in [2.05, 4.69) is 20.6 Å². The number of urea groups is 1. The number of carbonyl (C=O) groups is 1. The number of nitrogens with one attached hydrogen (secondary N) is 2. The van der Waals surface area contributed by atoms with Crippen molar-refractivity contribution in [2.75, 3.05) is 10.6 Å². The fourth-order valence-electron chi connectivity index (χ4n) is 3.17. The van der Waals surface area contributed by atoms with E-state index < -0.39 is 17.8 Å². The van der Waals surface area contributed by atoms with Crippen molar-refractivity contribution in [3.63, 3.8) is 0 Å². The molecule has 4 rings (SSSR count). The number of alkyl halides is 3. The minimum Gasteiger partial charge on any atom is -0.437 e. The second-order valence-corrected chi connectivity index (χ2v) is 7.57. The van der Waals surface area contributed by atoms with Crippen LogP contribution in [0.1, 0.15) is 11.3 Å². The number of benzene rings is 2. The van der Waals surface area contributed by atoms with Crippen LogP contribution in [0.25, 0.3) is 11.0 Å². The number of aryl methyl sites for hydroxylation is 2. The molecule has 0 bridgehead atoms. The maximum atomic E-state index is 12.8. The molecular formula is C22H17ClF3N5O2. The van der Waals surface area contributed by atoms with Gasteiger partial charge in [-0.1, -0.05) is 17.7 Å². The summed E-state index contributed by atoms with van der Waals surface area (Å²) in [5, 5.41) is 5.02. The fourth-order valence-corrected chi connectivity index (χ4v) is 3.39. The Kier molecular flexibility index (Phi) is 5.86.